The zero-order valence-electron chi connectivity index (χ0n) is 12.0. The number of carbonyl (C=O) groups is 1. The van der Waals surface area contributed by atoms with Crippen LogP contribution in [0.3, 0.4) is 0 Å². The summed E-state index contributed by atoms with van der Waals surface area (Å²) >= 11 is 6.04. The molecule has 3 aromatic rings. The fourth-order valence-corrected chi connectivity index (χ4v) is 2.61. The molecule has 0 atom stereocenters. The number of fused-ring (bicyclic) bond motifs is 3. The van der Waals surface area contributed by atoms with Gasteiger partial charge in [0.1, 0.15) is 5.58 Å². The van der Waals surface area contributed by atoms with E-state index < -0.39 is 11.6 Å². The van der Waals surface area contributed by atoms with Gasteiger partial charge in [0.15, 0.2) is 0 Å². The molecule has 0 saturated heterocycles. The van der Waals surface area contributed by atoms with Crippen LogP contribution in [0.15, 0.2) is 33.6 Å². The number of hydrogen-bond donors (Lipinski definition) is 0. The smallest absolute Gasteiger partial charge is 0.345 e. The quantitative estimate of drug-likeness (QED) is 0.411. The van der Waals surface area contributed by atoms with Crippen LogP contribution in [-0.4, -0.2) is 17.6 Å². The lowest BCUT2D eigenvalue weighted by molar-refractivity contribution is 0.0527. The molecule has 112 valence electrons. The minimum absolute atomic E-state index is 0.225. The highest BCUT2D eigenvalue weighted by atomic mass is 35.5. The summed E-state index contributed by atoms with van der Waals surface area (Å²) in [6, 6.07) is 4.88. The van der Waals surface area contributed by atoms with Gasteiger partial charge >= 0.3 is 11.6 Å². The Balaban J connectivity index is 2.55. The first-order chi connectivity index (χ1) is 10.5. The topological polar surface area (TPSA) is 69.4 Å². The molecule has 0 aliphatic carbocycles. The minimum atomic E-state index is -0.553. The van der Waals surface area contributed by atoms with Gasteiger partial charge in [-0.1, -0.05) is 11.6 Å². The lowest BCUT2D eigenvalue weighted by Gasteiger charge is -2.10. The van der Waals surface area contributed by atoms with Crippen LogP contribution in [0.25, 0.3) is 21.7 Å². The minimum Gasteiger partial charge on any atom is -0.462 e. The molecule has 6 heteroatoms. The van der Waals surface area contributed by atoms with E-state index in [4.69, 9.17) is 20.8 Å². The third-order valence-corrected chi connectivity index (χ3v) is 3.62. The Morgan fingerprint density at radius 1 is 1.36 bits per heavy atom. The van der Waals surface area contributed by atoms with Gasteiger partial charge in [-0.05, 0) is 32.0 Å². The predicted molar refractivity (Wildman–Crippen MR) is 83.5 cm³/mol. The second kappa shape index (κ2) is 5.42. The van der Waals surface area contributed by atoms with Crippen molar-refractivity contribution in [3.8, 4) is 0 Å². The molecule has 0 radical (unpaired) electrons. The van der Waals surface area contributed by atoms with Gasteiger partial charge in [-0.3, -0.25) is 4.98 Å². The van der Waals surface area contributed by atoms with Gasteiger partial charge in [0.25, 0.3) is 0 Å². The maximum Gasteiger partial charge on any atom is 0.345 e. The summed E-state index contributed by atoms with van der Waals surface area (Å²) in [7, 11) is 0. The molecule has 22 heavy (non-hydrogen) atoms. The normalized spacial score (nSPS) is 11.0. The van der Waals surface area contributed by atoms with Gasteiger partial charge in [0.05, 0.1) is 23.3 Å². The third-order valence-electron chi connectivity index (χ3n) is 3.38. The van der Waals surface area contributed by atoms with Crippen LogP contribution in [-0.2, 0) is 4.74 Å². The monoisotopic (exact) mass is 317 g/mol. The van der Waals surface area contributed by atoms with Crippen LogP contribution < -0.4 is 5.63 Å². The van der Waals surface area contributed by atoms with Gasteiger partial charge in [0, 0.05) is 22.0 Å². The predicted octanol–water partition coefficient (Wildman–Crippen LogP) is 3.48. The summed E-state index contributed by atoms with van der Waals surface area (Å²) in [6.45, 7) is 3.64. The first-order valence-corrected chi connectivity index (χ1v) is 7.09. The van der Waals surface area contributed by atoms with Crippen molar-refractivity contribution in [1.82, 2.24) is 4.98 Å². The van der Waals surface area contributed by atoms with Crippen molar-refractivity contribution >= 4 is 39.3 Å². The average molecular weight is 318 g/mol. The Morgan fingerprint density at radius 2 is 2.14 bits per heavy atom. The number of benzene rings is 1. The van der Waals surface area contributed by atoms with E-state index in [0.29, 0.717) is 27.1 Å². The number of aryl methyl sites for hydroxylation is 1. The number of rotatable bonds is 2. The molecule has 3 rings (SSSR count). The Labute approximate surface area is 130 Å². The summed E-state index contributed by atoms with van der Waals surface area (Å²) in [4.78, 5) is 28.5. The molecule has 5 nitrogen and oxygen atoms in total. The molecule has 2 aromatic heterocycles. The number of esters is 1. The van der Waals surface area contributed by atoms with Crippen molar-refractivity contribution in [1.29, 1.82) is 0 Å². The molecule has 0 aliphatic heterocycles. The molecule has 0 unspecified atom stereocenters. The van der Waals surface area contributed by atoms with Gasteiger partial charge in [-0.15, -0.1) is 0 Å². The zero-order chi connectivity index (χ0) is 15.9. The number of pyridine rings is 1. The summed E-state index contributed by atoms with van der Waals surface area (Å²) in [5.74, 6) is -0.523. The second-order valence-corrected chi connectivity index (χ2v) is 5.19. The Kier molecular flexibility index (Phi) is 3.58. The van der Waals surface area contributed by atoms with E-state index >= 15 is 0 Å². The standard InChI is InChI=1S/C16H12ClNO4/c1-3-21-16(20)13-8(2)18-7-11-14(13)10-6-9(17)4-5-12(10)22-15(11)19/h4-7H,3H2,1-2H3. The molecular weight excluding hydrogens is 306 g/mol. The van der Waals surface area contributed by atoms with E-state index in [-0.39, 0.29) is 17.6 Å². The summed E-state index contributed by atoms with van der Waals surface area (Å²) in [5, 5.41) is 1.74. The first kappa shape index (κ1) is 14.5. The third kappa shape index (κ3) is 2.23. The molecule has 0 saturated carbocycles. The molecule has 0 spiro atoms. The molecule has 0 amide bonds. The summed E-state index contributed by atoms with van der Waals surface area (Å²) in [6.07, 6.45) is 1.40. The number of aromatic nitrogens is 1. The van der Waals surface area contributed by atoms with E-state index in [0.717, 1.165) is 0 Å². The maximum atomic E-state index is 12.3. The van der Waals surface area contributed by atoms with Gasteiger partial charge in [0.2, 0.25) is 0 Å². The molecule has 0 bridgehead atoms. The number of hydrogen-bond acceptors (Lipinski definition) is 5. The maximum absolute atomic E-state index is 12.3. The van der Waals surface area contributed by atoms with Crippen molar-refractivity contribution < 1.29 is 13.9 Å². The average Bonchev–Trinajstić information content (AvgIpc) is 2.48. The first-order valence-electron chi connectivity index (χ1n) is 6.71. The highest BCUT2D eigenvalue weighted by Gasteiger charge is 2.20. The van der Waals surface area contributed by atoms with Crippen molar-refractivity contribution in [2.24, 2.45) is 0 Å². The van der Waals surface area contributed by atoms with Crippen LogP contribution in [0.1, 0.15) is 23.0 Å². The summed E-state index contributed by atoms with van der Waals surface area (Å²) < 4.78 is 10.3. The molecule has 0 N–H and O–H groups in total. The number of ether oxygens (including phenoxy) is 1. The molecule has 0 aliphatic rings. The largest absolute Gasteiger partial charge is 0.462 e. The van der Waals surface area contributed by atoms with E-state index in [2.05, 4.69) is 4.98 Å². The highest BCUT2D eigenvalue weighted by molar-refractivity contribution is 6.32. The van der Waals surface area contributed by atoms with E-state index in [9.17, 15) is 9.59 Å². The fraction of sp³-hybridized carbons (Fsp3) is 0.188. The van der Waals surface area contributed by atoms with Crippen LogP contribution in [0.4, 0.5) is 0 Å². The fourth-order valence-electron chi connectivity index (χ4n) is 2.44. The van der Waals surface area contributed by atoms with E-state index in [1.165, 1.54) is 6.20 Å². The van der Waals surface area contributed by atoms with Gasteiger partial charge in [-0.2, -0.15) is 0 Å². The van der Waals surface area contributed by atoms with E-state index in [1.54, 1.807) is 32.0 Å². The van der Waals surface area contributed by atoms with E-state index in [1.807, 2.05) is 0 Å². The van der Waals surface area contributed by atoms with Crippen LogP contribution >= 0.6 is 11.6 Å². The molecule has 1 aromatic carbocycles. The Hall–Kier alpha value is -2.40. The van der Waals surface area contributed by atoms with Crippen molar-refractivity contribution in [2.45, 2.75) is 13.8 Å². The van der Waals surface area contributed by atoms with Crippen LogP contribution in [0.5, 0.6) is 0 Å². The Bertz CT molecular complexity index is 962. The van der Waals surface area contributed by atoms with Gasteiger partial charge in [-0.25, -0.2) is 9.59 Å². The lowest BCUT2D eigenvalue weighted by atomic mass is 10.0. The molecule has 0 fully saturated rings. The second-order valence-electron chi connectivity index (χ2n) is 4.76. The van der Waals surface area contributed by atoms with Crippen LogP contribution in [0.2, 0.25) is 5.02 Å². The Morgan fingerprint density at radius 3 is 2.86 bits per heavy atom. The van der Waals surface area contributed by atoms with Gasteiger partial charge < -0.3 is 9.15 Å². The number of nitrogens with zero attached hydrogens (tertiary/aromatic N) is 1. The number of carbonyl (C=O) groups excluding carboxylic acids is 1. The van der Waals surface area contributed by atoms with Crippen molar-refractivity contribution in [2.75, 3.05) is 6.61 Å². The molecular formula is C16H12ClNO4. The van der Waals surface area contributed by atoms with Crippen molar-refractivity contribution in [3.05, 3.63) is 51.1 Å². The summed E-state index contributed by atoms with van der Waals surface area (Å²) in [5.41, 5.74) is 0.554. The molecule has 2 heterocycles. The number of halogens is 1. The van der Waals surface area contributed by atoms with Crippen LogP contribution in [0, 0.1) is 6.92 Å². The zero-order valence-corrected chi connectivity index (χ0v) is 12.7. The SMILES string of the molecule is CCOC(=O)c1c(C)ncc2c(=O)oc3ccc(Cl)cc3c12. The lowest BCUT2D eigenvalue weighted by Crippen LogP contribution is -2.11. The van der Waals surface area contributed by atoms with Crippen molar-refractivity contribution in [3.63, 3.8) is 0 Å². The highest BCUT2D eigenvalue weighted by Crippen LogP contribution is 2.29.